The number of hydrogen-bond donors (Lipinski definition) is 1. The quantitative estimate of drug-likeness (QED) is 0.466. The molecule has 1 heterocycles. The molecule has 7 nitrogen and oxygen atoms in total. The van der Waals surface area contributed by atoms with E-state index < -0.39 is 4.92 Å². The van der Waals surface area contributed by atoms with Gasteiger partial charge in [-0.25, -0.2) is 4.98 Å². The van der Waals surface area contributed by atoms with Crippen molar-refractivity contribution in [3.63, 3.8) is 0 Å². The Morgan fingerprint density at radius 3 is 3.00 bits per heavy atom. The molecule has 8 heteroatoms. The molecule has 2 rings (SSSR count). The first-order valence-electron chi connectivity index (χ1n) is 6.19. The number of benzene rings is 1. The molecule has 0 fully saturated rings. The van der Waals surface area contributed by atoms with Crippen molar-refractivity contribution in [2.24, 2.45) is 0 Å². The first-order valence-corrected chi connectivity index (χ1v) is 6.99. The Bertz CT molecular complexity index is 630. The van der Waals surface area contributed by atoms with Crippen molar-refractivity contribution in [3.05, 3.63) is 44.7 Å². The molecule has 0 bridgehead atoms. The molecule has 0 saturated heterocycles. The van der Waals surface area contributed by atoms with Crippen molar-refractivity contribution >= 4 is 21.6 Å². The van der Waals surface area contributed by atoms with Crippen LogP contribution in [0.2, 0.25) is 0 Å². The summed E-state index contributed by atoms with van der Waals surface area (Å²) >= 11 is 3.24. The lowest BCUT2D eigenvalue weighted by molar-refractivity contribution is -0.384. The lowest BCUT2D eigenvalue weighted by Gasteiger charge is -2.00. The average molecular weight is 356 g/mol. The van der Waals surface area contributed by atoms with E-state index >= 15 is 0 Å². The first-order chi connectivity index (χ1) is 10.1. The Morgan fingerprint density at radius 1 is 1.48 bits per heavy atom. The van der Waals surface area contributed by atoms with E-state index in [1.807, 2.05) is 0 Å². The van der Waals surface area contributed by atoms with E-state index in [0.29, 0.717) is 35.6 Å². The van der Waals surface area contributed by atoms with E-state index in [-0.39, 0.29) is 5.69 Å². The maximum absolute atomic E-state index is 10.9. The van der Waals surface area contributed by atoms with Gasteiger partial charge in [-0.3, -0.25) is 10.1 Å². The lowest BCUT2D eigenvalue weighted by atomic mass is 10.2. The van der Waals surface area contributed by atoms with Crippen molar-refractivity contribution in [1.82, 2.24) is 10.3 Å². The van der Waals surface area contributed by atoms with E-state index in [4.69, 9.17) is 9.15 Å². The number of halogens is 1. The molecular formula is C13H14BrN3O4. The highest BCUT2D eigenvalue weighted by atomic mass is 79.9. The van der Waals surface area contributed by atoms with Crippen molar-refractivity contribution in [2.75, 3.05) is 20.3 Å². The first kappa shape index (κ1) is 15.6. The van der Waals surface area contributed by atoms with Crippen molar-refractivity contribution in [1.29, 1.82) is 0 Å². The number of nitrogens with one attached hydrogen (secondary N) is 1. The number of nitrogens with zero attached hydrogens (tertiary/aromatic N) is 2. The molecule has 1 aromatic heterocycles. The maximum Gasteiger partial charge on any atom is 0.271 e. The van der Waals surface area contributed by atoms with Crippen LogP contribution in [0.5, 0.6) is 0 Å². The summed E-state index contributed by atoms with van der Waals surface area (Å²) in [5.74, 6) is 0.350. The molecule has 21 heavy (non-hydrogen) atoms. The minimum absolute atomic E-state index is 0.0163. The SMILES string of the molecule is COCCNCc1coc(-c2cc(Br)cc([N+](=O)[O-])c2)n1. The second kappa shape index (κ2) is 7.30. The summed E-state index contributed by atoms with van der Waals surface area (Å²) in [6, 6.07) is 4.58. The second-order valence-corrected chi connectivity index (χ2v) is 5.18. The number of methoxy groups -OCH3 is 1. The van der Waals surface area contributed by atoms with Crippen LogP contribution in [0.15, 0.2) is 33.4 Å². The van der Waals surface area contributed by atoms with Crippen LogP contribution in [0, 0.1) is 10.1 Å². The fourth-order valence-electron chi connectivity index (χ4n) is 1.71. The molecule has 0 unspecified atom stereocenters. The molecule has 0 radical (unpaired) electrons. The highest BCUT2D eigenvalue weighted by Gasteiger charge is 2.13. The zero-order valence-electron chi connectivity index (χ0n) is 11.3. The molecule has 0 aliphatic carbocycles. The molecule has 0 spiro atoms. The molecular weight excluding hydrogens is 342 g/mol. The van der Waals surface area contributed by atoms with Crippen LogP contribution in [0.3, 0.4) is 0 Å². The zero-order chi connectivity index (χ0) is 15.2. The molecule has 0 saturated carbocycles. The second-order valence-electron chi connectivity index (χ2n) is 4.27. The third kappa shape index (κ3) is 4.35. The predicted molar refractivity (Wildman–Crippen MR) is 79.9 cm³/mol. The van der Waals surface area contributed by atoms with Gasteiger partial charge in [0.15, 0.2) is 0 Å². The maximum atomic E-state index is 10.9. The minimum atomic E-state index is -0.454. The van der Waals surface area contributed by atoms with Crippen LogP contribution in [-0.2, 0) is 11.3 Å². The van der Waals surface area contributed by atoms with Gasteiger partial charge in [0.2, 0.25) is 5.89 Å². The largest absolute Gasteiger partial charge is 0.444 e. The third-order valence-corrected chi connectivity index (χ3v) is 3.14. The Hall–Kier alpha value is -1.77. The van der Waals surface area contributed by atoms with E-state index in [2.05, 4.69) is 26.2 Å². The van der Waals surface area contributed by atoms with Crippen LogP contribution >= 0.6 is 15.9 Å². The normalized spacial score (nSPS) is 10.8. The monoisotopic (exact) mass is 355 g/mol. The number of hydrogen-bond acceptors (Lipinski definition) is 6. The summed E-state index contributed by atoms with van der Waals surface area (Å²) in [6.07, 6.45) is 1.53. The van der Waals surface area contributed by atoms with Crippen LogP contribution in [-0.4, -0.2) is 30.2 Å². The number of nitro benzene ring substituents is 1. The van der Waals surface area contributed by atoms with Gasteiger partial charge in [0.25, 0.3) is 5.69 Å². The van der Waals surface area contributed by atoms with Gasteiger partial charge in [-0.1, -0.05) is 15.9 Å². The summed E-state index contributed by atoms with van der Waals surface area (Å²) in [4.78, 5) is 14.7. The van der Waals surface area contributed by atoms with Gasteiger partial charge in [-0.05, 0) is 6.07 Å². The molecule has 0 amide bonds. The number of non-ortho nitro benzene ring substituents is 1. The van der Waals surface area contributed by atoms with Crippen molar-refractivity contribution in [3.8, 4) is 11.5 Å². The van der Waals surface area contributed by atoms with Gasteiger partial charge in [0.1, 0.15) is 6.26 Å². The highest BCUT2D eigenvalue weighted by Crippen LogP contribution is 2.28. The summed E-state index contributed by atoms with van der Waals surface area (Å²) < 4.78 is 10.9. The highest BCUT2D eigenvalue weighted by molar-refractivity contribution is 9.10. The molecule has 1 N–H and O–H groups in total. The Balaban J connectivity index is 2.12. The fourth-order valence-corrected chi connectivity index (χ4v) is 2.20. The van der Waals surface area contributed by atoms with Gasteiger partial charge < -0.3 is 14.5 Å². The zero-order valence-corrected chi connectivity index (χ0v) is 12.9. The van der Waals surface area contributed by atoms with Crippen LogP contribution in [0.1, 0.15) is 5.69 Å². The Kier molecular flexibility index (Phi) is 5.43. The van der Waals surface area contributed by atoms with E-state index in [1.165, 1.54) is 18.4 Å². The Morgan fingerprint density at radius 2 is 2.29 bits per heavy atom. The van der Waals surface area contributed by atoms with Crippen LogP contribution < -0.4 is 5.32 Å². The van der Waals surface area contributed by atoms with Gasteiger partial charge >= 0.3 is 0 Å². The fraction of sp³-hybridized carbons (Fsp3) is 0.308. The summed E-state index contributed by atoms with van der Waals surface area (Å²) in [5, 5.41) is 14.0. The minimum Gasteiger partial charge on any atom is -0.444 e. The van der Waals surface area contributed by atoms with Gasteiger partial charge in [0, 0.05) is 42.4 Å². The molecule has 1 aromatic carbocycles. The van der Waals surface area contributed by atoms with Crippen molar-refractivity contribution < 1.29 is 14.1 Å². The number of aromatic nitrogens is 1. The lowest BCUT2D eigenvalue weighted by Crippen LogP contribution is -2.18. The average Bonchev–Trinajstić information content (AvgIpc) is 2.92. The van der Waals surface area contributed by atoms with E-state index in [9.17, 15) is 10.1 Å². The molecule has 0 atom stereocenters. The van der Waals surface area contributed by atoms with Crippen LogP contribution in [0.4, 0.5) is 5.69 Å². The number of rotatable bonds is 7. The topological polar surface area (TPSA) is 90.4 Å². The predicted octanol–water partition coefficient (Wildman–Crippen LogP) is 2.75. The number of nitro groups is 1. The van der Waals surface area contributed by atoms with Crippen LogP contribution in [0.25, 0.3) is 11.5 Å². The van der Waals surface area contributed by atoms with Gasteiger partial charge in [0.05, 0.1) is 17.2 Å². The molecule has 0 aliphatic rings. The smallest absolute Gasteiger partial charge is 0.271 e. The standard InChI is InChI=1S/C13H14BrN3O4/c1-20-3-2-15-7-11-8-21-13(16-11)9-4-10(14)6-12(5-9)17(18)19/h4-6,8,15H,2-3,7H2,1H3. The third-order valence-electron chi connectivity index (χ3n) is 2.68. The summed E-state index contributed by atoms with van der Waals surface area (Å²) in [5.41, 5.74) is 1.26. The molecule has 112 valence electrons. The van der Waals surface area contributed by atoms with Crippen molar-refractivity contribution in [2.45, 2.75) is 6.54 Å². The number of oxazole rings is 1. The van der Waals surface area contributed by atoms with E-state index in [0.717, 1.165) is 5.69 Å². The van der Waals surface area contributed by atoms with Gasteiger partial charge in [-0.15, -0.1) is 0 Å². The summed E-state index contributed by atoms with van der Waals surface area (Å²) in [6.45, 7) is 1.87. The molecule has 0 aliphatic heterocycles. The van der Waals surface area contributed by atoms with E-state index in [1.54, 1.807) is 13.2 Å². The molecule has 2 aromatic rings. The van der Waals surface area contributed by atoms with Gasteiger partial charge in [-0.2, -0.15) is 0 Å². The summed E-state index contributed by atoms with van der Waals surface area (Å²) in [7, 11) is 1.63. The number of ether oxygens (including phenoxy) is 1. The Labute approximate surface area is 129 Å².